The summed E-state index contributed by atoms with van der Waals surface area (Å²) in [5, 5.41) is 12.1. The molecule has 0 aliphatic carbocycles. The molecule has 5 heteroatoms. The summed E-state index contributed by atoms with van der Waals surface area (Å²) in [5.74, 6) is -0.0392. The van der Waals surface area contributed by atoms with Crippen molar-refractivity contribution in [2.24, 2.45) is 0 Å². The first kappa shape index (κ1) is 12.6. The number of hydrogen-bond donors (Lipinski definition) is 2. The molecule has 1 atom stereocenters. The van der Waals surface area contributed by atoms with Gasteiger partial charge in [0.05, 0.1) is 6.10 Å². The van der Waals surface area contributed by atoms with Crippen LogP contribution in [0.4, 0.5) is 10.5 Å². The number of anilines is 1. The second-order valence-corrected chi connectivity index (χ2v) is 4.46. The van der Waals surface area contributed by atoms with E-state index in [0.717, 1.165) is 0 Å². The molecular weight excluding hydrogens is 232 g/mol. The van der Waals surface area contributed by atoms with Gasteiger partial charge in [0, 0.05) is 24.3 Å². The second kappa shape index (κ2) is 5.18. The van der Waals surface area contributed by atoms with Gasteiger partial charge in [-0.1, -0.05) is 12.1 Å². The Bertz CT molecular complexity index is 473. The number of nitrogens with zero attached hydrogens (tertiary/aromatic N) is 1. The van der Waals surface area contributed by atoms with Crippen molar-refractivity contribution >= 4 is 17.5 Å². The zero-order valence-electron chi connectivity index (χ0n) is 10.2. The number of benzene rings is 1. The van der Waals surface area contributed by atoms with Crippen molar-refractivity contribution in [1.82, 2.24) is 4.90 Å². The van der Waals surface area contributed by atoms with E-state index in [0.29, 0.717) is 30.8 Å². The summed E-state index contributed by atoms with van der Waals surface area (Å²) in [6, 6.07) is 6.57. The fourth-order valence-corrected chi connectivity index (χ4v) is 1.94. The Balaban J connectivity index is 2.03. The van der Waals surface area contributed by atoms with E-state index in [1.54, 1.807) is 29.2 Å². The Kier molecular flexibility index (Phi) is 3.62. The number of amides is 2. The molecule has 0 radical (unpaired) electrons. The van der Waals surface area contributed by atoms with E-state index in [1.807, 2.05) is 0 Å². The smallest absolute Gasteiger partial charge is 0.321 e. The number of β-amino-alcohol motifs (C(OH)–C–C–N with tert-alkyl or cyclic N) is 1. The zero-order chi connectivity index (χ0) is 13.1. The van der Waals surface area contributed by atoms with Gasteiger partial charge in [-0.3, -0.25) is 4.79 Å². The molecule has 96 valence electrons. The first-order valence-corrected chi connectivity index (χ1v) is 5.91. The van der Waals surface area contributed by atoms with Gasteiger partial charge >= 0.3 is 6.03 Å². The van der Waals surface area contributed by atoms with Crippen LogP contribution in [0.25, 0.3) is 0 Å². The van der Waals surface area contributed by atoms with Crippen LogP contribution in [0.5, 0.6) is 0 Å². The lowest BCUT2D eigenvalue weighted by Crippen LogP contribution is -2.33. The fourth-order valence-electron chi connectivity index (χ4n) is 1.94. The second-order valence-electron chi connectivity index (χ2n) is 4.46. The maximum absolute atomic E-state index is 11.9. The van der Waals surface area contributed by atoms with Crippen molar-refractivity contribution in [2.75, 3.05) is 18.4 Å². The number of carbonyl (C=O) groups is 2. The van der Waals surface area contributed by atoms with Gasteiger partial charge in [-0.25, -0.2) is 4.79 Å². The SMILES string of the molecule is CC(=O)c1cccc(NC(=O)N2CCC(O)C2)c1. The van der Waals surface area contributed by atoms with Crippen LogP contribution in [0, 0.1) is 0 Å². The van der Waals surface area contributed by atoms with Gasteiger partial charge in [0.2, 0.25) is 0 Å². The molecule has 1 aliphatic heterocycles. The van der Waals surface area contributed by atoms with E-state index in [1.165, 1.54) is 6.92 Å². The van der Waals surface area contributed by atoms with Crippen molar-refractivity contribution in [3.05, 3.63) is 29.8 Å². The third-order valence-electron chi connectivity index (χ3n) is 2.97. The molecule has 2 rings (SSSR count). The summed E-state index contributed by atoms with van der Waals surface area (Å²) in [4.78, 5) is 24.6. The number of hydrogen-bond acceptors (Lipinski definition) is 3. The molecule has 1 aromatic rings. The highest BCUT2D eigenvalue weighted by Gasteiger charge is 2.24. The summed E-state index contributed by atoms with van der Waals surface area (Å²) >= 11 is 0. The molecular formula is C13H16N2O3. The number of ketones is 1. The van der Waals surface area contributed by atoms with E-state index < -0.39 is 6.10 Å². The summed E-state index contributed by atoms with van der Waals surface area (Å²) < 4.78 is 0. The van der Waals surface area contributed by atoms with Crippen LogP contribution in [-0.2, 0) is 0 Å². The lowest BCUT2D eigenvalue weighted by molar-refractivity contribution is 0.101. The Morgan fingerprint density at radius 3 is 2.83 bits per heavy atom. The van der Waals surface area contributed by atoms with Crippen LogP contribution in [-0.4, -0.2) is 41.0 Å². The summed E-state index contributed by atoms with van der Waals surface area (Å²) in [5.41, 5.74) is 1.16. The Hall–Kier alpha value is -1.88. The highest BCUT2D eigenvalue weighted by atomic mass is 16.3. The maximum atomic E-state index is 11.9. The molecule has 18 heavy (non-hydrogen) atoms. The number of urea groups is 1. The Morgan fingerprint density at radius 2 is 2.22 bits per heavy atom. The van der Waals surface area contributed by atoms with Crippen LogP contribution in [0.15, 0.2) is 24.3 Å². The van der Waals surface area contributed by atoms with E-state index >= 15 is 0 Å². The molecule has 5 nitrogen and oxygen atoms in total. The number of carbonyl (C=O) groups excluding carboxylic acids is 2. The van der Waals surface area contributed by atoms with Crippen LogP contribution in [0.3, 0.4) is 0 Å². The Morgan fingerprint density at radius 1 is 1.44 bits per heavy atom. The van der Waals surface area contributed by atoms with E-state index in [-0.39, 0.29) is 11.8 Å². The molecule has 1 unspecified atom stereocenters. The lowest BCUT2D eigenvalue weighted by atomic mass is 10.1. The van der Waals surface area contributed by atoms with Gasteiger partial charge in [0.15, 0.2) is 5.78 Å². The predicted octanol–water partition coefficient (Wildman–Crippen LogP) is 1.49. The van der Waals surface area contributed by atoms with E-state index in [2.05, 4.69) is 5.32 Å². The number of nitrogens with one attached hydrogen (secondary N) is 1. The topological polar surface area (TPSA) is 69.6 Å². The molecule has 2 N–H and O–H groups in total. The first-order valence-electron chi connectivity index (χ1n) is 5.91. The minimum absolute atomic E-state index is 0.0392. The summed E-state index contributed by atoms with van der Waals surface area (Å²) in [7, 11) is 0. The van der Waals surface area contributed by atoms with E-state index in [9.17, 15) is 14.7 Å². The average molecular weight is 248 g/mol. The van der Waals surface area contributed by atoms with E-state index in [4.69, 9.17) is 0 Å². The largest absolute Gasteiger partial charge is 0.391 e. The average Bonchev–Trinajstić information content (AvgIpc) is 2.76. The van der Waals surface area contributed by atoms with Crippen molar-refractivity contribution in [3.8, 4) is 0 Å². The molecule has 1 fully saturated rings. The fraction of sp³-hybridized carbons (Fsp3) is 0.385. The highest BCUT2D eigenvalue weighted by molar-refractivity contribution is 5.96. The molecule has 0 bridgehead atoms. The van der Waals surface area contributed by atoms with Crippen molar-refractivity contribution < 1.29 is 14.7 Å². The molecule has 1 heterocycles. The molecule has 2 amide bonds. The minimum atomic E-state index is -0.431. The number of Topliss-reactive ketones (excluding diaryl/α,β-unsaturated/α-hetero) is 1. The Labute approximate surface area is 105 Å². The van der Waals surface area contributed by atoms with Gasteiger partial charge in [0.1, 0.15) is 0 Å². The van der Waals surface area contributed by atoms with Gasteiger partial charge in [-0.05, 0) is 25.5 Å². The standard InChI is InChI=1S/C13H16N2O3/c1-9(16)10-3-2-4-11(7-10)14-13(18)15-6-5-12(17)8-15/h2-4,7,12,17H,5-6,8H2,1H3,(H,14,18). The van der Waals surface area contributed by atoms with Crippen LogP contribution < -0.4 is 5.32 Å². The minimum Gasteiger partial charge on any atom is -0.391 e. The zero-order valence-corrected chi connectivity index (χ0v) is 10.2. The van der Waals surface area contributed by atoms with Gasteiger partial charge in [0.25, 0.3) is 0 Å². The van der Waals surface area contributed by atoms with Gasteiger partial charge < -0.3 is 15.3 Å². The van der Waals surface area contributed by atoms with Crippen molar-refractivity contribution in [2.45, 2.75) is 19.4 Å². The first-order chi connectivity index (χ1) is 8.56. The van der Waals surface area contributed by atoms with Crippen LogP contribution in [0.2, 0.25) is 0 Å². The lowest BCUT2D eigenvalue weighted by Gasteiger charge is -2.16. The number of likely N-dealkylation sites (tertiary alicyclic amines) is 1. The summed E-state index contributed by atoms with van der Waals surface area (Å²) in [6.07, 6.45) is 0.181. The third-order valence-corrected chi connectivity index (χ3v) is 2.97. The number of aliphatic hydroxyl groups excluding tert-OH is 1. The summed E-state index contributed by atoms with van der Waals surface area (Å²) in [6.45, 7) is 2.40. The van der Waals surface area contributed by atoms with Crippen LogP contribution in [0.1, 0.15) is 23.7 Å². The normalized spacial score (nSPS) is 18.8. The molecule has 0 aromatic heterocycles. The molecule has 0 spiro atoms. The van der Waals surface area contributed by atoms with Gasteiger partial charge in [-0.2, -0.15) is 0 Å². The number of aliphatic hydroxyl groups is 1. The molecule has 1 aromatic carbocycles. The molecule has 1 aliphatic rings. The quantitative estimate of drug-likeness (QED) is 0.779. The third kappa shape index (κ3) is 2.87. The monoisotopic (exact) mass is 248 g/mol. The number of rotatable bonds is 2. The maximum Gasteiger partial charge on any atom is 0.321 e. The van der Waals surface area contributed by atoms with Gasteiger partial charge in [-0.15, -0.1) is 0 Å². The highest BCUT2D eigenvalue weighted by Crippen LogP contribution is 2.14. The van der Waals surface area contributed by atoms with Crippen LogP contribution >= 0.6 is 0 Å². The molecule has 0 saturated carbocycles. The predicted molar refractivity (Wildman–Crippen MR) is 67.7 cm³/mol. The van der Waals surface area contributed by atoms with Crippen molar-refractivity contribution in [1.29, 1.82) is 0 Å². The van der Waals surface area contributed by atoms with Crippen molar-refractivity contribution in [3.63, 3.8) is 0 Å². The molecule has 1 saturated heterocycles.